The van der Waals surface area contributed by atoms with Crippen LogP contribution in [0, 0.1) is 5.92 Å². The molecule has 230 valence electrons. The van der Waals surface area contributed by atoms with Crippen LogP contribution in [-0.4, -0.2) is 62.0 Å². The Bertz CT molecular complexity index is 1450. The molecule has 2 aromatic carbocycles. The third kappa shape index (κ3) is 6.13. The van der Waals surface area contributed by atoms with Gasteiger partial charge < -0.3 is 13.9 Å². The fourth-order valence-electron chi connectivity index (χ4n) is 4.78. The fraction of sp³-hybridized carbons (Fsp3) is 0.467. The van der Waals surface area contributed by atoms with Crippen LogP contribution in [0.15, 0.2) is 81.6 Å². The summed E-state index contributed by atoms with van der Waals surface area (Å²) in [5.41, 5.74) is -0.433. The van der Waals surface area contributed by atoms with Crippen LogP contribution in [0.4, 0.5) is 0 Å². The van der Waals surface area contributed by atoms with E-state index in [1.807, 2.05) is 0 Å². The summed E-state index contributed by atoms with van der Waals surface area (Å²) in [4.78, 5) is 25.6. The molecule has 12 heteroatoms. The van der Waals surface area contributed by atoms with Crippen molar-refractivity contribution in [2.75, 3.05) is 20.8 Å². The molecule has 2 aromatic rings. The molecule has 0 aliphatic heterocycles. The Morgan fingerprint density at radius 2 is 1.26 bits per heavy atom. The van der Waals surface area contributed by atoms with Gasteiger partial charge in [0.1, 0.15) is 5.57 Å². The van der Waals surface area contributed by atoms with E-state index in [0.29, 0.717) is 6.42 Å². The van der Waals surface area contributed by atoms with E-state index in [0.717, 1.165) is 14.2 Å². The zero-order valence-corrected chi connectivity index (χ0v) is 27.8. The summed E-state index contributed by atoms with van der Waals surface area (Å²) in [6, 6.07) is 14.6. The number of rotatable bonds is 12. The highest BCUT2D eigenvalue weighted by Gasteiger charge is 2.74. The van der Waals surface area contributed by atoms with Crippen molar-refractivity contribution in [3.8, 4) is 0 Å². The van der Waals surface area contributed by atoms with Crippen molar-refractivity contribution in [2.45, 2.75) is 72.0 Å². The van der Waals surface area contributed by atoms with Gasteiger partial charge in [-0.1, -0.05) is 57.2 Å². The maximum atomic E-state index is 14.3. The van der Waals surface area contributed by atoms with Crippen molar-refractivity contribution in [1.82, 2.24) is 0 Å². The van der Waals surface area contributed by atoms with Crippen molar-refractivity contribution in [3.63, 3.8) is 0 Å². The summed E-state index contributed by atoms with van der Waals surface area (Å²) in [5.74, 6) is -3.27. The molecule has 0 aromatic heterocycles. The lowest BCUT2D eigenvalue weighted by Gasteiger charge is -2.36. The van der Waals surface area contributed by atoms with Gasteiger partial charge in [0.15, 0.2) is 32.1 Å². The SMILES string of the molecule is COC(=O)C(C(=O)OC)=C(CCCO[Si](C)(C)C(C)(C)C)C1CC1(S(=O)(=O)c1ccccc1)S(=O)(=O)c1ccccc1. The van der Waals surface area contributed by atoms with Gasteiger partial charge in [0, 0.05) is 12.5 Å². The predicted octanol–water partition coefficient (Wildman–Crippen LogP) is 5.10. The number of ether oxygens (including phenoxy) is 2. The molecule has 1 unspecified atom stereocenters. The van der Waals surface area contributed by atoms with Gasteiger partial charge in [0.25, 0.3) is 0 Å². The van der Waals surface area contributed by atoms with Crippen molar-refractivity contribution >= 4 is 39.9 Å². The van der Waals surface area contributed by atoms with Gasteiger partial charge in [-0.2, -0.15) is 0 Å². The van der Waals surface area contributed by atoms with Crippen LogP contribution in [0.1, 0.15) is 40.0 Å². The molecule has 1 aliphatic rings. The van der Waals surface area contributed by atoms with Gasteiger partial charge in [-0.15, -0.1) is 0 Å². The van der Waals surface area contributed by atoms with Crippen molar-refractivity contribution < 1.29 is 40.3 Å². The van der Waals surface area contributed by atoms with E-state index in [4.69, 9.17) is 13.9 Å². The van der Waals surface area contributed by atoms with Gasteiger partial charge in [-0.25, -0.2) is 26.4 Å². The number of hydrogen-bond acceptors (Lipinski definition) is 9. The average Bonchev–Trinajstić information content (AvgIpc) is 3.72. The molecule has 0 saturated heterocycles. The van der Waals surface area contributed by atoms with E-state index in [-0.39, 0.29) is 39.9 Å². The fourth-order valence-corrected chi connectivity index (χ4v) is 11.2. The number of carbonyl (C=O) groups excluding carboxylic acids is 2. The lowest BCUT2D eigenvalue weighted by atomic mass is 9.98. The Morgan fingerprint density at radius 1 is 0.833 bits per heavy atom. The number of allylic oxidation sites excluding steroid dienone is 1. The van der Waals surface area contributed by atoms with Crippen molar-refractivity contribution in [2.24, 2.45) is 5.92 Å². The van der Waals surface area contributed by atoms with E-state index in [1.165, 1.54) is 48.5 Å². The summed E-state index contributed by atoms with van der Waals surface area (Å²) in [6.07, 6.45) is -0.0186. The zero-order chi connectivity index (χ0) is 31.6. The van der Waals surface area contributed by atoms with E-state index in [2.05, 4.69) is 33.9 Å². The molecule has 1 aliphatic carbocycles. The molecule has 0 bridgehead atoms. The molecule has 1 fully saturated rings. The highest BCUT2D eigenvalue weighted by molar-refractivity contribution is 8.11. The van der Waals surface area contributed by atoms with Gasteiger partial charge in [-0.05, 0) is 67.2 Å². The van der Waals surface area contributed by atoms with Gasteiger partial charge in [0.05, 0.1) is 24.0 Å². The van der Waals surface area contributed by atoms with Gasteiger partial charge in [-0.3, -0.25) is 0 Å². The van der Waals surface area contributed by atoms with Crippen molar-refractivity contribution in [3.05, 3.63) is 71.8 Å². The second-order valence-electron chi connectivity index (χ2n) is 11.8. The Kier molecular flexibility index (Phi) is 9.98. The summed E-state index contributed by atoms with van der Waals surface area (Å²) in [7, 11) is -9.06. The number of esters is 2. The van der Waals surface area contributed by atoms with Gasteiger partial charge in [0.2, 0.25) is 0 Å². The minimum Gasteiger partial charge on any atom is -0.465 e. The summed E-state index contributed by atoms with van der Waals surface area (Å²) in [6.45, 7) is 10.7. The normalized spacial score (nSPS) is 16.8. The van der Waals surface area contributed by atoms with Crippen LogP contribution in [0.2, 0.25) is 18.1 Å². The number of hydrogen-bond donors (Lipinski definition) is 0. The Morgan fingerprint density at radius 3 is 1.64 bits per heavy atom. The smallest absolute Gasteiger partial charge is 0.345 e. The molecule has 0 heterocycles. The maximum Gasteiger partial charge on any atom is 0.345 e. The van der Waals surface area contributed by atoms with E-state index in [1.54, 1.807) is 12.1 Å². The van der Waals surface area contributed by atoms with E-state index >= 15 is 0 Å². The minimum atomic E-state index is -4.55. The Labute approximate surface area is 250 Å². The molecule has 9 nitrogen and oxygen atoms in total. The standard InChI is InChI=1S/C30H40O9S2Si/c1-29(2,3)42(6,7)39-20-14-19-24(26(27(31)37-4)28(32)38-5)25-21-30(25,40(33,34)22-15-10-8-11-16-22)41(35,36)23-17-12-9-13-18-23/h8-13,15-18,25H,14,19-21H2,1-7H3. The Balaban J connectivity index is 2.20. The quantitative estimate of drug-likeness (QED) is 0.0780. The molecule has 1 atom stereocenters. The van der Waals surface area contributed by atoms with Crippen molar-refractivity contribution in [1.29, 1.82) is 0 Å². The lowest BCUT2D eigenvalue weighted by Crippen LogP contribution is -2.41. The highest BCUT2D eigenvalue weighted by Crippen LogP contribution is 2.62. The van der Waals surface area contributed by atoms with Crippen LogP contribution in [-0.2, 0) is 43.2 Å². The van der Waals surface area contributed by atoms with Crippen LogP contribution in [0.3, 0.4) is 0 Å². The second kappa shape index (κ2) is 12.4. The first-order valence-electron chi connectivity index (χ1n) is 13.6. The topological polar surface area (TPSA) is 130 Å². The predicted molar refractivity (Wildman–Crippen MR) is 162 cm³/mol. The van der Waals surface area contributed by atoms with Crippen LogP contribution in [0.5, 0.6) is 0 Å². The Hall–Kier alpha value is -2.80. The molecule has 42 heavy (non-hydrogen) atoms. The third-order valence-electron chi connectivity index (χ3n) is 8.26. The molecule has 0 spiro atoms. The second-order valence-corrected chi connectivity index (χ2v) is 21.3. The first kappa shape index (κ1) is 33.7. The molecular weight excluding hydrogens is 597 g/mol. The minimum absolute atomic E-state index is 0.0230. The molecule has 0 amide bonds. The maximum absolute atomic E-state index is 14.3. The molecule has 1 saturated carbocycles. The third-order valence-corrected chi connectivity index (χ3v) is 18.6. The first-order chi connectivity index (χ1) is 19.5. The summed E-state index contributed by atoms with van der Waals surface area (Å²) >= 11 is 0. The van der Waals surface area contributed by atoms with Crippen LogP contribution < -0.4 is 0 Å². The highest BCUT2D eigenvalue weighted by atomic mass is 32.3. The summed E-state index contributed by atoms with van der Waals surface area (Å²) in [5, 5.41) is -0.0615. The van der Waals surface area contributed by atoms with E-state index < -0.39 is 55.5 Å². The number of methoxy groups -OCH3 is 2. The molecular formula is C30H40O9S2Si. The van der Waals surface area contributed by atoms with Crippen LogP contribution >= 0.6 is 0 Å². The average molecular weight is 637 g/mol. The molecule has 0 radical (unpaired) electrons. The van der Waals surface area contributed by atoms with E-state index in [9.17, 15) is 26.4 Å². The van der Waals surface area contributed by atoms with Gasteiger partial charge >= 0.3 is 11.9 Å². The molecule has 3 rings (SSSR count). The molecule has 0 N–H and O–H groups in total. The van der Waals surface area contributed by atoms with Crippen LogP contribution in [0.25, 0.3) is 0 Å². The largest absolute Gasteiger partial charge is 0.465 e. The number of carbonyl (C=O) groups is 2. The monoisotopic (exact) mass is 636 g/mol. The first-order valence-corrected chi connectivity index (χ1v) is 19.5. The lowest BCUT2D eigenvalue weighted by molar-refractivity contribution is -0.144. The summed E-state index contributed by atoms with van der Waals surface area (Å²) < 4.78 is 70.8. The number of sulfone groups is 2. The number of benzene rings is 2. The zero-order valence-electron chi connectivity index (χ0n) is 25.2.